The molecule has 8 heteroatoms. The predicted octanol–water partition coefficient (Wildman–Crippen LogP) is 2.52. The van der Waals surface area contributed by atoms with E-state index >= 15 is 0 Å². The van der Waals surface area contributed by atoms with E-state index in [4.69, 9.17) is 4.74 Å². The number of anilines is 1. The molecule has 0 bridgehead atoms. The Morgan fingerprint density at radius 2 is 1.96 bits per heavy atom. The Bertz CT molecular complexity index is 895. The highest BCUT2D eigenvalue weighted by Crippen LogP contribution is 2.30. The Kier molecular flexibility index (Phi) is 4.43. The molecule has 2 aromatic heterocycles. The van der Waals surface area contributed by atoms with Crippen molar-refractivity contribution >= 4 is 34.0 Å². The number of carbonyl (C=O) groups is 1. The number of ether oxygens (including phenoxy) is 1. The molecule has 0 unspecified atom stereocenters. The van der Waals surface area contributed by atoms with E-state index in [1.54, 1.807) is 4.90 Å². The number of hydrogen-bond acceptors (Lipinski definition) is 6. The average molecular weight is 360 g/mol. The SMILES string of the molecule is CC(C)(C)OC(=O)N1CCN(c2c(C#N)c(=O)[nH]c3cscc23)CC1. The van der Waals surface area contributed by atoms with Crippen LogP contribution in [0.15, 0.2) is 15.6 Å². The summed E-state index contributed by atoms with van der Waals surface area (Å²) in [5.41, 5.74) is 0.608. The van der Waals surface area contributed by atoms with E-state index in [2.05, 4.69) is 4.98 Å². The molecule has 0 aliphatic carbocycles. The first-order valence-electron chi connectivity index (χ1n) is 8.05. The van der Waals surface area contributed by atoms with E-state index < -0.39 is 5.60 Å². The molecule has 1 N–H and O–H groups in total. The summed E-state index contributed by atoms with van der Waals surface area (Å²) >= 11 is 1.48. The summed E-state index contributed by atoms with van der Waals surface area (Å²) < 4.78 is 5.40. The van der Waals surface area contributed by atoms with E-state index in [1.807, 2.05) is 42.5 Å². The number of aromatic nitrogens is 1. The lowest BCUT2D eigenvalue weighted by Crippen LogP contribution is -2.50. The number of thiophene rings is 1. The number of hydrogen-bond donors (Lipinski definition) is 1. The van der Waals surface area contributed by atoms with Gasteiger partial charge >= 0.3 is 6.09 Å². The molecular weight excluding hydrogens is 340 g/mol. The van der Waals surface area contributed by atoms with Crippen LogP contribution in [0.25, 0.3) is 10.9 Å². The minimum absolute atomic E-state index is 0.122. The first kappa shape index (κ1) is 17.3. The minimum atomic E-state index is -0.530. The van der Waals surface area contributed by atoms with Crippen LogP contribution < -0.4 is 10.5 Å². The van der Waals surface area contributed by atoms with Crippen LogP contribution in [0, 0.1) is 11.3 Å². The lowest BCUT2D eigenvalue weighted by Gasteiger charge is -2.37. The zero-order valence-electron chi connectivity index (χ0n) is 14.5. The van der Waals surface area contributed by atoms with Crippen LogP contribution in [0.2, 0.25) is 0 Å². The lowest BCUT2D eigenvalue weighted by atomic mass is 10.1. The fourth-order valence-electron chi connectivity index (χ4n) is 2.88. The molecule has 1 saturated heterocycles. The van der Waals surface area contributed by atoms with Crippen molar-refractivity contribution in [3.8, 4) is 6.07 Å². The van der Waals surface area contributed by atoms with Crippen LogP contribution in [0.3, 0.4) is 0 Å². The quantitative estimate of drug-likeness (QED) is 0.844. The topological polar surface area (TPSA) is 89.4 Å². The lowest BCUT2D eigenvalue weighted by molar-refractivity contribution is 0.0240. The summed E-state index contributed by atoms with van der Waals surface area (Å²) in [5, 5.41) is 14.1. The van der Waals surface area contributed by atoms with Crippen molar-refractivity contribution in [3.05, 3.63) is 26.7 Å². The molecule has 0 atom stereocenters. The van der Waals surface area contributed by atoms with Gasteiger partial charge in [0, 0.05) is 42.3 Å². The van der Waals surface area contributed by atoms with Gasteiger partial charge in [-0.15, -0.1) is 11.3 Å². The maximum atomic E-state index is 12.2. The summed E-state index contributed by atoms with van der Waals surface area (Å²) in [6.07, 6.45) is -0.334. The summed E-state index contributed by atoms with van der Waals surface area (Å²) in [7, 11) is 0. The number of carbonyl (C=O) groups excluding carboxylic acids is 1. The number of nitrogens with zero attached hydrogens (tertiary/aromatic N) is 3. The first-order valence-corrected chi connectivity index (χ1v) is 8.99. The van der Waals surface area contributed by atoms with E-state index in [0.29, 0.717) is 31.9 Å². The second-order valence-electron chi connectivity index (χ2n) is 6.94. The molecule has 1 fully saturated rings. The second kappa shape index (κ2) is 6.41. The molecule has 1 aliphatic rings. The van der Waals surface area contributed by atoms with Crippen LogP contribution in [0.4, 0.5) is 10.5 Å². The molecule has 132 valence electrons. The Labute approximate surface area is 149 Å². The van der Waals surface area contributed by atoms with Gasteiger partial charge in [-0.1, -0.05) is 0 Å². The number of aromatic amines is 1. The van der Waals surface area contributed by atoms with Crippen LogP contribution in [-0.2, 0) is 4.74 Å². The van der Waals surface area contributed by atoms with Crippen LogP contribution in [-0.4, -0.2) is 47.8 Å². The van der Waals surface area contributed by atoms with E-state index in [1.165, 1.54) is 11.3 Å². The summed E-state index contributed by atoms with van der Waals surface area (Å²) in [6.45, 7) is 7.57. The fraction of sp³-hybridized carbons (Fsp3) is 0.471. The minimum Gasteiger partial charge on any atom is -0.444 e. The summed E-state index contributed by atoms with van der Waals surface area (Å²) in [4.78, 5) is 30.8. The number of fused-ring (bicyclic) bond motifs is 1. The number of H-pyrrole nitrogens is 1. The number of piperazine rings is 1. The summed E-state index contributed by atoms with van der Waals surface area (Å²) in [6, 6.07) is 2.02. The molecule has 0 spiro atoms. The van der Waals surface area contributed by atoms with Crippen molar-refractivity contribution in [2.45, 2.75) is 26.4 Å². The molecule has 3 rings (SSSR count). The highest BCUT2D eigenvalue weighted by atomic mass is 32.1. The monoisotopic (exact) mass is 360 g/mol. The van der Waals surface area contributed by atoms with E-state index in [-0.39, 0.29) is 17.2 Å². The van der Waals surface area contributed by atoms with Gasteiger partial charge in [0.05, 0.1) is 11.2 Å². The average Bonchev–Trinajstić information content (AvgIpc) is 2.99. The third-order valence-corrected chi connectivity index (χ3v) is 4.73. The Morgan fingerprint density at radius 3 is 2.56 bits per heavy atom. The molecule has 0 saturated carbocycles. The first-order chi connectivity index (χ1) is 11.8. The van der Waals surface area contributed by atoms with E-state index in [9.17, 15) is 14.9 Å². The molecule has 1 amide bonds. The fourth-order valence-corrected chi connectivity index (χ4v) is 3.64. The van der Waals surface area contributed by atoms with Crippen LogP contribution in [0.5, 0.6) is 0 Å². The van der Waals surface area contributed by atoms with Gasteiger partial charge in [-0.2, -0.15) is 5.26 Å². The van der Waals surface area contributed by atoms with Crippen molar-refractivity contribution in [2.24, 2.45) is 0 Å². The zero-order chi connectivity index (χ0) is 18.2. The van der Waals surface area contributed by atoms with Crippen molar-refractivity contribution < 1.29 is 9.53 Å². The van der Waals surface area contributed by atoms with Crippen LogP contribution in [0.1, 0.15) is 26.3 Å². The molecule has 7 nitrogen and oxygen atoms in total. The molecule has 0 aromatic carbocycles. The zero-order valence-corrected chi connectivity index (χ0v) is 15.3. The van der Waals surface area contributed by atoms with Gasteiger partial charge in [0.25, 0.3) is 5.56 Å². The van der Waals surface area contributed by atoms with Gasteiger partial charge < -0.3 is 19.5 Å². The third-order valence-electron chi connectivity index (χ3n) is 3.99. The van der Waals surface area contributed by atoms with Gasteiger partial charge in [0.15, 0.2) is 0 Å². The molecule has 3 heterocycles. The highest BCUT2D eigenvalue weighted by Gasteiger charge is 2.28. The maximum absolute atomic E-state index is 12.2. The van der Waals surface area contributed by atoms with Crippen LogP contribution >= 0.6 is 11.3 Å². The molecular formula is C17H20N4O3S. The largest absolute Gasteiger partial charge is 0.444 e. The normalized spacial score (nSPS) is 15.3. The van der Waals surface area contributed by atoms with Crippen molar-refractivity contribution in [1.82, 2.24) is 9.88 Å². The van der Waals surface area contributed by atoms with Gasteiger partial charge in [0.1, 0.15) is 17.2 Å². The molecule has 1 aliphatic heterocycles. The Hall–Kier alpha value is -2.53. The standard InChI is InChI=1S/C17H20N4O3S/c1-17(2,3)24-16(23)21-6-4-20(5-7-21)14-11(8-18)15(22)19-13-10-25-9-12(13)14/h9-10H,4-7H2,1-3H3,(H,19,22). The predicted molar refractivity (Wildman–Crippen MR) is 97.2 cm³/mol. The van der Waals surface area contributed by atoms with Gasteiger partial charge in [-0.25, -0.2) is 4.79 Å². The van der Waals surface area contributed by atoms with Gasteiger partial charge in [-0.05, 0) is 20.8 Å². The number of rotatable bonds is 1. The van der Waals surface area contributed by atoms with E-state index in [0.717, 1.165) is 10.9 Å². The van der Waals surface area contributed by atoms with Crippen molar-refractivity contribution in [1.29, 1.82) is 5.26 Å². The molecule has 0 radical (unpaired) electrons. The second-order valence-corrected chi connectivity index (χ2v) is 7.69. The Morgan fingerprint density at radius 1 is 1.28 bits per heavy atom. The smallest absolute Gasteiger partial charge is 0.410 e. The maximum Gasteiger partial charge on any atom is 0.410 e. The number of nitriles is 1. The van der Waals surface area contributed by atoms with Crippen molar-refractivity contribution in [2.75, 3.05) is 31.1 Å². The van der Waals surface area contributed by atoms with Crippen molar-refractivity contribution in [3.63, 3.8) is 0 Å². The number of amides is 1. The van der Waals surface area contributed by atoms with Gasteiger partial charge in [0.2, 0.25) is 0 Å². The Balaban J connectivity index is 1.83. The third kappa shape index (κ3) is 3.46. The summed E-state index contributed by atoms with van der Waals surface area (Å²) in [5.74, 6) is 0. The molecule has 2 aromatic rings. The van der Waals surface area contributed by atoms with Gasteiger partial charge in [-0.3, -0.25) is 4.79 Å². The highest BCUT2D eigenvalue weighted by molar-refractivity contribution is 7.09. The number of pyridine rings is 1. The number of nitrogens with one attached hydrogen (secondary N) is 1. The molecule has 25 heavy (non-hydrogen) atoms.